The smallest absolute Gasteiger partial charge is 0.223 e. The van der Waals surface area contributed by atoms with Crippen LogP contribution in [-0.4, -0.2) is 23.2 Å². The summed E-state index contributed by atoms with van der Waals surface area (Å²) in [4.78, 5) is 11.8. The van der Waals surface area contributed by atoms with Gasteiger partial charge in [-0.15, -0.1) is 0 Å². The predicted molar refractivity (Wildman–Crippen MR) is 60.4 cm³/mol. The van der Waals surface area contributed by atoms with Gasteiger partial charge in [-0.3, -0.25) is 4.79 Å². The number of carbonyl (C=O) groups is 1. The Hall–Kier alpha value is -0.570. The number of nitrogens with one attached hydrogen (secondary N) is 1. The van der Waals surface area contributed by atoms with Crippen LogP contribution in [0.15, 0.2) is 0 Å². The number of carbonyl (C=O) groups excluding carboxylic acids is 1. The zero-order chi connectivity index (χ0) is 11.4. The standard InChI is InChI=1S/C12H23NO2/c1-8(2)9(3)12(15)13-10-6-4-5-7-11(10)14/h8-11,14H,4-7H2,1-3H3,(H,13,15). The lowest BCUT2D eigenvalue weighted by atomic mass is 9.91. The van der Waals surface area contributed by atoms with Gasteiger partial charge in [0.05, 0.1) is 12.1 Å². The van der Waals surface area contributed by atoms with Gasteiger partial charge in [-0.1, -0.05) is 33.6 Å². The Morgan fingerprint density at radius 2 is 1.87 bits per heavy atom. The zero-order valence-corrected chi connectivity index (χ0v) is 9.99. The molecule has 1 rings (SSSR count). The van der Waals surface area contributed by atoms with Gasteiger partial charge in [-0.05, 0) is 18.8 Å². The summed E-state index contributed by atoms with van der Waals surface area (Å²) in [5, 5.41) is 12.7. The van der Waals surface area contributed by atoms with Crippen LogP contribution in [0.2, 0.25) is 0 Å². The van der Waals surface area contributed by atoms with E-state index in [1.54, 1.807) is 0 Å². The highest BCUT2D eigenvalue weighted by Gasteiger charge is 2.26. The number of hydrogen-bond acceptors (Lipinski definition) is 2. The fourth-order valence-electron chi connectivity index (χ4n) is 1.90. The maximum Gasteiger partial charge on any atom is 0.223 e. The first-order valence-corrected chi connectivity index (χ1v) is 6.00. The molecule has 0 aromatic rings. The van der Waals surface area contributed by atoms with Crippen molar-refractivity contribution in [3.63, 3.8) is 0 Å². The molecule has 3 heteroatoms. The molecule has 0 aromatic carbocycles. The lowest BCUT2D eigenvalue weighted by Gasteiger charge is -2.29. The van der Waals surface area contributed by atoms with Crippen molar-refractivity contribution in [2.45, 2.75) is 58.6 Å². The first kappa shape index (κ1) is 12.5. The van der Waals surface area contributed by atoms with Crippen LogP contribution in [0.3, 0.4) is 0 Å². The van der Waals surface area contributed by atoms with Gasteiger partial charge in [0.1, 0.15) is 0 Å². The fraction of sp³-hybridized carbons (Fsp3) is 0.917. The minimum Gasteiger partial charge on any atom is -0.391 e. The summed E-state index contributed by atoms with van der Waals surface area (Å²) >= 11 is 0. The second-order valence-corrected chi connectivity index (χ2v) is 5.00. The number of amides is 1. The van der Waals surface area contributed by atoms with Crippen molar-refractivity contribution in [2.75, 3.05) is 0 Å². The molecule has 0 saturated heterocycles. The van der Waals surface area contributed by atoms with E-state index >= 15 is 0 Å². The SMILES string of the molecule is CC(C)C(C)C(=O)NC1CCCCC1O. The predicted octanol–water partition coefficient (Wildman–Crippen LogP) is 1.70. The Morgan fingerprint density at radius 3 is 2.40 bits per heavy atom. The van der Waals surface area contributed by atoms with Crippen LogP contribution in [-0.2, 0) is 4.79 Å². The molecule has 1 amide bonds. The van der Waals surface area contributed by atoms with Gasteiger partial charge < -0.3 is 10.4 Å². The number of aliphatic hydroxyl groups is 1. The third-order valence-electron chi connectivity index (χ3n) is 3.47. The second-order valence-electron chi connectivity index (χ2n) is 5.00. The Balaban J connectivity index is 2.42. The second kappa shape index (κ2) is 5.50. The maximum absolute atomic E-state index is 11.8. The minimum absolute atomic E-state index is 0.0209. The van der Waals surface area contributed by atoms with E-state index in [-0.39, 0.29) is 24.0 Å². The van der Waals surface area contributed by atoms with Crippen molar-refractivity contribution >= 4 is 5.91 Å². The lowest BCUT2D eigenvalue weighted by Crippen LogP contribution is -2.47. The van der Waals surface area contributed by atoms with Crippen LogP contribution < -0.4 is 5.32 Å². The Bertz CT molecular complexity index is 216. The summed E-state index contributed by atoms with van der Waals surface area (Å²) in [6.07, 6.45) is 3.58. The van der Waals surface area contributed by atoms with Crippen LogP contribution in [0.4, 0.5) is 0 Å². The Morgan fingerprint density at radius 1 is 1.27 bits per heavy atom. The molecule has 0 spiro atoms. The van der Waals surface area contributed by atoms with Crippen molar-refractivity contribution in [1.29, 1.82) is 0 Å². The average molecular weight is 213 g/mol. The van der Waals surface area contributed by atoms with E-state index < -0.39 is 0 Å². The molecule has 1 aliphatic carbocycles. The summed E-state index contributed by atoms with van der Waals surface area (Å²) in [6, 6.07) is -0.0209. The van der Waals surface area contributed by atoms with Crippen LogP contribution in [0.5, 0.6) is 0 Å². The molecule has 0 radical (unpaired) electrons. The quantitative estimate of drug-likeness (QED) is 0.749. The summed E-state index contributed by atoms with van der Waals surface area (Å²) in [7, 11) is 0. The van der Waals surface area contributed by atoms with Gasteiger partial charge in [0, 0.05) is 5.92 Å². The monoisotopic (exact) mass is 213 g/mol. The number of hydrogen-bond donors (Lipinski definition) is 2. The molecule has 3 atom stereocenters. The van der Waals surface area contributed by atoms with Crippen molar-refractivity contribution in [3.8, 4) is 0 Å². The summed E-state index contributed by atoms with van der Waals surface area (Å²) in [5.41, 5.74) is 0. The summed E-state index contributed by atoms with van der Waals surface area (Å²) in [5.74, 6) is 0.459. The largest absolute Gasteiger partial charge is 0.391 e. The Labute approximate surface area is 92.3 Å². The third kappa shape index (κ3) is 3.49. The van der Waals surface area contributed by atoms with Crippen LogP contribution in [0.25, 0.3) is 0 Å². The molecule has 2 N–H and O–H groups in total. The molecule has 88 valence electrons. The van der Waals surface area contributed by atoms with E-state index in [9.17, 15) is 9.90 Å². The van der Waals surface area contributed by atoms with Gasteiger partial charge >= 0.3 is 0 Å². The number of rotatable bonds is 3. The van der Waals surface area contributed by atoms with Crippen LogP contribution in [0.1, 0.15) is 46.5 Å². The molecule has 1 fully saturated rings. The molecule has 0 aromatic heterocycles. The van der Waals surface area contributed by atoms with E-state index in [1.807, 2.05) is 20.8 Å². The van der Waals surface area contributed by atoms with E-state index in [4.69, 9.17) is 0 Å². The summed E-state index contributed by atoms with van der Waals surface area (Å²) in [6.45, 7) is 6.03. The van der Waals surface area contributed by atoms with E-state index in [2.05, 4.69) is 5.32 Å². The molecule has 0 aliphatic heterocycles. The normalized spacial score (nSPS) is 28.9. The topological polar surface area (TPSA) is 49.3 Å². The van der Waals surface area contributed by atoms with E-state index in [0.29, 0.717) is 5.92 Å². The molecular formula is C12H23NO2. The van der Waals surface area contributed by atoms with E-state index in [1.165, 1.54) is 0 Å². The van der Waals surface area contributed by atoms with Crippen molar-refractivity contribution in [2.24, 2.45) is 11.8 Å². The van der Waals surface area contributed by atoms with Crippen molar-refractivity contribution in [1.82, 2.24) is 5.32 Å². The highest BCUT2D eigenvalue weighted by Crippen LogP contribution is 2.19. The fourth-order valence-corrected chi connectivity index (χ4v) is 1.90. The van der Waals surface area contributed by atoms with Gasteiger partial charge in [-0.25, -0.2) is 0 Å². The molecule has 1 aliphatic rings. The molecule has 0 heterocycles. The molecule has 1 saturated carbocycles. The zero-order valence-electron chi connectivity index (χ0n) is 9.99. The maximum atomic E-state index is 11.8. The van der Waals surface area contributed by atoms with Gasteiger partial charge in [-0.2, -0.15) is 0 Å². The molecule has 0 bridgehead atoms. The number of aliphatic hydroxyl groups excluding tert-OH is 1. The van der Waals surface area contributed by atoms with Gasteiger partial charge in [0.2, 0.25) is 5.91 Å². The highest BCUT2D eigenvalue weighted by molar-refractivity contribution is 5.78. The lowest BCUT2D eigenvalue weighted by molar-refractivity contribution is -0.127. The van der Waals surface area contributed by atoms with Gasteiger partial charge in [0.25, 0.3) is 0 Å². The molecule has 3 unspecified atom stereocenters. The molecular weight excluding hydrogens is 190 g/mol. The highest BCUT2D eigenvalue weighted by atomic mass is 16.3. The summed E-state index contributed by atoms with van der Waals surface area (Å²) < 4.78 is 0. The first-order valence-electron chi connectivity index (χ1n) is 6.00. The Kier molecular flexibility index (Phi) is 4.58. The van der Waals surface area contributed by atoms with Crippen molar-refractivity contribution < 1.29 is 9.90 Å². The van der Waals surface area contributed by atoms with Crippen LogP contribution in [0, 0.1) is 11.8 Å². The van der Waals surface area contributed by atoms with Crippen molar-refractivity contribution in [3.05, 3.63) is 0 Å². The third-order valence-corrected chi connectivity index (χ3v) is 3.47. The van der Waals surface area contributed by atoms with Gasteiger partial charge in [0.15, 0.2) is 0 Å². The van der Waals surface area contributed by atoms with Crippen LogP contribution >= 0.6 is 0 Å². The minimum atomic E-state index is -0.345. The average Bonchev–Trinajstić information content (AvgIpc) is 2.20. The molecule has 15 heavy (non-hydrogen) atoms. The van der Waals surface area contributed by atoms with E-state index in [0.717, 1.165) is 25.7 Å². The first-order chi connectivity index (χ1) is 7.02. The molecule has 3 nitrogen and oxygen atoms in total.